The lowest BCUT2D eigenvalue weighted by molar-refractivity contribution is 0.0442. The summed E-state index contributed by atoms with van der Waals surface area (Å²) in [5.41, 5.74) is 0. The molecule has 3 heteroatoms. The van der Waals surface area contributed by atoms with Crippen molar-refractivity contribution in [1.82, 2.24) is 0 Å². The van der Waals surface area contributed by atoms with E-state index < -0.39 is 0 Å². The summed E-state index contributed by atoms with van der Waals surface area (Å²) in [6.45, 7) is 1.79. The molecule has 2 atom stereocenters. The summed E-state index contributed by atoms with van der Waals surface area (Å²) in [6, 6.07) is 0. The van der Waals surface area contributed by atoms with E-state index in [-0.39, 0.29) is 6.10 Å². The second-order valence-corrected chi connectivity index (χ2v) is 5.23. The molecule has 2 nitrogen and oxygen atoms in total. The number of hydrogen-bond donors (Lipinski definition) is 1. The highest BCUT2D eigenvalue weighted by Gasteiger charge is 2.29. The average molecular weight is 188 g/mol. The molecule has 2 rings (SSSR count). The van der Waals surface area contributed by atoms with Crippen molar-refractivity contribution in [2.24, 2.45) is 0 Å². The fraction of sp³-hybridized carbons (Fsp3) is 1.00. The first-order chi connectivity index (χ1) is 5.86. The molecule has 1 N–H and O–H groups in total. The first-order valence-electron chi connectivity index (χ1n) is 4.77. The lowest BCUT2D eigenvalue weighted by Crippen LogP contribution is -2.36. The van der Waals surface area contributed by atoms with Crippen molar-refractivity contribution < 1.29 is 9.84 Å². The van der Waals surface area contributed by atoms with Crippen LogP contribution >= 0.6 is 11.8 Å². The van der Waals surface area contributed by atoms with Gasteiger partial charge in [-0.05, 0) is 12.8 Å². The number of aliphatic hydroxyl groups excluding tert-OH is 1. The third kappa shape index (κ3) is 1.95. The van der Waals surface area contributed by atoms with E-state index in [0.717, 1.165) is 19.6 Å². The quantitative estimate of drug-likeness (QED) is 0.710. The Kier molecular flexibility index (Phi) is 2.94. The van der Waals surface area contributed by atoms with Crippen LogP contribution in [0.1, 0.15) is 25.7 Å². The van der Waals surface area contributed by atoms with Crippen molar-refractivity contribution in [2.45, 2.75) is 42.3 Å². The molecule has 0 amide bonds. The van der Waals surface area contributed by atoms with Gasteiger partial charge >= 0.3 is 0 Å². The molecule has 0 aromatic rings. The minimum Gasteiger partial charge on any atom is -0.392 e. The van der Waals surface area contributed by atoms with Gasteiger partial charge in [-0.15, -0.1) is 11.8 Å². The van der Waals surface area contributed by atoms with Gasteiger partial charge in [0, 0.05) is 5.25 Å². The Morgan fingerprint density at radius 2 is 1.92 bits per heavy atom. The van der Waals surface area contributed by atoms with Crippen molar-refractivity contribution >= 4 is 11.8 Å². The van der Waals surface area contributed by atoms with Gasteiger partial charge in [-0.1, -0.05) is 12.8 Å². The first-order valence-corrected chi connectivity index (χ1v) is 5.72. The molecule has 0 aromatic carbocycles. The highest BCUT2D eigenvalue weighted by Crippen LogP contribution is 2.33. The van der Waals surface area contributed by atoms with E-state index in [9.17, 15) is 5.11 Å². The molecule has 0 radical (unpaired) electrons. The van der Waals surface area contributed by atoms with E-state index in [1.807, 2.05) is 11.8 Å². The molecule has 0 unspecified atom stereocenters. The van der Waals surface area contributed by atoms with Gasteiger partial charge in [0.05, 0.1) is 24.6 Å². The lowest BCUT2D eigenvalue weighted by atomic mass is 9.97. The van der Waals surface area contributed by atoms with E-state index in [1.54, 1.807) is 0 Å². The van der Waals surface area contributed by atoms with Crippen molar-refractivity contribution in [3.63, 3.8) is 0 Å². The minimum absolute atomic E-state index is 0.0515. The van der Waals surface area contributed by atoms with Crippen molar-refractivity contribution in [3.05, 3.63) is 0 Å². The predicted octanol–water partition coefficient (Wildman–Crippen LogP) is 1.42. The van der Waals surface area contributed by atoms with Crippen LogP contribution in [-0.4, -0.2) is 34.9 Å². The van der Waals surface area contributed by atoms with Crippen LogP contribution in [0.2, 0.25) is 0 Å². The van der Waals surface area contributed by atoms with Crippen molar-refractivity contribution in [2.75, 3.05) is 13.2 Å². The lowest BCUT2D eigenvalue weighted by Gasteiger charge is -2.33. The standard InChI is InChI=1S/C9H16O2S/c10-8-3-1-2-4-9(8)12-7-5-11-6-7/h7-10H,1-6H2/t8-,9-/m1/s1. The highest BCUT2D eigenvalue weighted by molar-refractivity contribution is 8.00. The number of thioether (sulfide) groups is 1. The molecule has 12 heavy (non-hydrogen) atoms. The molecular weight excluding hydrogens is 172 g/mol. The van der Waals surface area contributed by atoms with E-state index >= 15 is 0 Å². The fourth-order valence-corrected chi connectivity index (χ4v) is 3.24. The fourth-order valence-electron chi connectivity index (χ4n) is 1.78. The SMILES string of the molecule is O[C@@H]1CCCC[C@H]1SC1COC1. The molecule has 1 aliphatic heterocycles. The smallest absolute Gasteiger partial charge is 0.0658 e. The summed E-state index contributed by atoms with van der Waals surface area (Å²) in [7, 11) is 0. The monoisotopic (exact) mass is 188 g/mol. The van der Waals surface area contributed by atoms with Gasteiger partial charge in [0.1, 0.15) is 0 Å². The van der Waals surface area contributed by atoms with E-state index in [2.05, 4.69) is 0 Å². The maximum Gasteiger partial charge on any atom is 0.0658 e. The Balaban J connectivity index is 1.76. The zero-order valence-corrected chi connectivity index (χ0v) is 8.05. The van der Waals surface area contributed by atoms with Crippen LogP contribution in [0.25, 0.3) is 0 Å². The second kappa shape index (κ2) is 3.99. The summed E-state index contributed by atoms with van der Waals surface area (Å²) in [5.74, 6) is 0. The molecule has 1 saturated heterocycles. The predicted molar refractivity (Wildman–Crippen MR) is 50.5 cm³/mol. The Morgan fingerprint density at radius 3 is 2.50 bits per heavy atom. The van der Waals surface area contributed by atoms with Crippen LogP contribution in [-0.2, 0) is 4.74 Å². The molecule has 2 fully saturated rings. The molecule has 0 spiro atoms. The number of aliphatic hydroxyl groups is 1. The summed E-state index contributed by atoms with van der Waals surface area (Å²) < 4.78 is 5.11. The van der Waals surface area contributed by atoms with Crippen LogP contribution in [0.15, 0.2) is 0 Å². The maximum atomic E-state index is 9.68. The minimum atomic E-state index is -0.0515. The molecule has 1 aliphatic carbocycles. The first kappa shape index (κ1) is 8.85. The van der Waals surface area contributed by atoms with Gasteiger partial charge in [0.2, 0.25) is 0 Å². The maximum absolute atomic E-state index is 9.68. The Morgan fingerprint density at radius 1 is 1.17 bits per heavy atom. The molecule has 1 saturated carbocycles. The summed E-state index contributed by atoms with van der Waals surface area (Å²) in [4.78, 5) is 0. The summed E-state index contributed by atoms with van der Waals surface area (Å²) in [5, 5.41) is 10.8. The molecule has 0 bridgehead atoms. The normalized spacial score (nSPS) is 37.8. The number of ether oxygens (including phenoxy) is 1. The largest absolute Gasteiger partial charge is 0.392 e. The van der Waals surface area contributed by atoms with E-state index in [4.69, 9.17) is 4.74 Å². The van der Waals surface area contributed by atoms with Gasteiger partial charge in [-0.3, -0.25) is 0 Å². The zero-order chi connectivity index (χ0) is 8.39. The third-order valence-corrected chi connectivity index (χ3v) is 4.20. The molecule has 0 aromatic heterocycles. The van der Waals surface area contributed by atoms with Crippen LogP contribution in [0.5, 0.6) is 0 Å². The summed E-state index contributed by atoms with van der Waals surface area (Å²) >= 11 is 1.94. The van der Waals surface area contributed by atoms with Crippen molar-refractivity contribution in [3.8, 4) is 0 Å². The van der Waals surface area contributed by atoms with Crippen molar-refractivity contribution in [1.29, 1.82) is 0 Å². The van der Waals surface area contributed by atoms with Crippen LogP contribution in [0, 0.1) is 0 Å². The van der Waals surface area contributed by atoms with Crippen LogP contribution in [0.4, 0.5) is 0 Å². The average Bonchev–Trinajstić information content (AvgIpc) is 2.00. The van der Waals surface area contributed by atoms with Crippen LogP contribution in [0.3, 0.4) is 0 Å². The molecule has 1 heterocycles. The Labute approximate surface area is 77.7 Å². The van der Waals surface area contributed by atoms with Gasteiger partial charge in [0.25, 0.3) is 0 Å². The van der Waals surface area contributed by atoms with Gasteiger partial charge in [0.15, 0.2) is 0 Å². The Hall–Kier alpha value is 0.270. The van der Waals surface area contributed by atoms with E-state index in [1.165, 1.54) is 19.3 Å². The molecule has 2 aliphatic rings. The second-order valence-electron chi connectivity index (χ2n) is 3.69. The third-order valence-electron chi connectivity index (χ3n) is 2.64. The molecular formula is C9H16O2S. The van der Waals surface area contributed by atoms with Gasteiger partial charge in [-0.2, -0.15) is 0 Å². The Bertz CT molecular complexity index is 147. The van der Waals surface area contributed by atoms with Gasteiger partial charge in [-0.25, -0.2) is 0 Å². The zero-order valence-electron chi connectivity index (χ0n) is 7.24. The molecule has 70 valence electrons. The number of rotatable bonds is 2. The van der Waals surface area contributed by atoms with Crippen LogP contribution < -0.4 is 0 Å². The number of hydrogen-bond acceptors (Lipinski definition) is 3. The highest BCUT2D eigenvalue weighted by atomic mass is 32.2. The van der Waals surface area contributed by atoms with Gasteiger partial charge < -0.3 is 9.84 Å². The van der Waals surface area contributed by atoms with E-state index in [0.29, 0.717) is 10.5 Å². The summed E-state index contributed by atoms with van der Waals surface area (Å²) in [6.07, 6.45) is 4.65. The topological polar surface area (TPSA) is 29.5 Å².